The molecule has 0 radical (unpaired) electrons. The maximum absolute atomic E-state index is 12.1. The quantitative estimate of drug-likeness (QED) is 0.906. The van der Waals surface area contributed by atoms with Gasteiger partial charge >= 0.3 is 6.09 Å². The number of hydrogen-bond acceptors (Lipinski definition) is 5. The molecule has 0 bridgehead atoms. The highest BCUT2D eigenvalue weighted by atomic mass is 16.6. The third-order valence-electron chi connectivity index (χ3n) is 3.88. The third kappa shape index (κ3) is 4.58. The predicted octanol–water partition coefficient (Wildman–Crippen LogP) is 2.47. The summed E-state index contributed by atoms with van der Waals surface area (Å²) < 4.78 is 5.42. The van der Waals surface area contributed by atoms with Crippen molar-refractivity contribution in [3.05, 3.63) is 23.4 Å². The molecule has 1 amide bonds. The topological polar surface area (TPSA) is 71.7 Å². The van der Waals surface area contributed by atoms with Gasteiger partial charge in [-0.25, -0.2) is 9.78 Å². The molecule has 0 aromatic carbocycles. The molecule has 0 aliphatic carbocycles. The Hall–Kier alpha value is -1.82. The Kier molecular flexibility index (Phi) is 5.14. The molecule has 128 valence electrons. The van der Waals surface area contributed by atoms with E-state index in [2.05, 4.69) is 22.9 Å². The summed E-state index contributed by atoms with van der Waals surface area (Å²) in [6.07, 6.45) is 1.61. The van der Waals surface area contributed by atoms with E-state index in [-0.39, 0.29) is 12.1 Å². The van der Waals surface area contributed by atoms with Crippen LogP contribution in [0.4, 0.5) is 10.6 Å². The van der Waals surface area contributed by atoms with Gasteiger partial charge in [-0.15, -0.1) is 0 Å². The first-order valence-electron chi connectivity index (χ1n) is 8.12. The normalized spacial score (nSPS) is 17.1. The highest BCUT2D eigenvalue weighted by molar-refractivity contribution is 5.68. The molecule has 1 aromatic rings. The zero-order valence-electron chi connectivity index (χ0n) is 14.8. The lowest BCUT2D eigenvalue weighted by Crippen LogP contribution is -2.50. The van der Waals surface area contributed by atoms with E-state index in [0.717, 1.165) is 30.0 Å². The molecule has 0 unspecified atom stereocenters. The summed E-state index contributed by atoms with van der Waals surface area (Å²) in [7, 11) is 0. The Morgan fingerprint density at radius 1 is 1.30 bits per heavy atom. The fourth-order valence-electron chi connectivity index (χ4n) is 2.65. The van der Waals surface area contributed by atoms with Gasteiger partial charge in [0, 0.05) is 38.4 Å². The van der Waals surface area contributed by atoms with Crippen LogP contribution >= 0.6 is 0 Å². The number of nitrogens with zero attached hydrogens (tertiary/aromatic N) is 3. The van der Waals surface area contributed by atoms with Crippen LogP contribution in [0.15, 0.2) is 12.3 Å². The summed E-state index contributed by atoms with van der Waals surface area (Å²) in [5, 5.41) is 0. The predicted molar refractivity (Wildman–Crippen MR) is 91.6 cm³/mol. The molecule has 0 saturated carbocycles. The van der Waals surface area contributed by atoms with E-state index in [0.29, 0.717) is 13.1 Å². The molecule has 2 N–H and O–H groups in total. The van der Waals surface area contributed by atoms with Gasteiger partial charge in [-0.2, -0.15) is 0 Å². The zero-order valence-corrected chi connectivity index (χ0v) is 14.8. The fourth-order valence-corrected chi connectivity index (χ4v) is 2.65. The van der Waals surface area contributed by atoms with Crippen LogP contribution in [-0.2, 0) is 4.74 Å². The number of anilines is 1. The monoisotopic (exact) mass is 320 g/mol. The molecule has 1 aliphatic rings. The average Bonchev–Trinajstić information content (AvgIpc) is 2.45. The molecule has 23 heavy (non-hydrogen) atoms. The van der Waals surface area contributed by atoms with E-state index in [9.17, 15) is 4.79 Å². The maximum Gasteiger partial charge on any atom is 0.410 e. The minimum Gasteiger partial charge on any atom is -0.444 e. The van der Waals surface area contributed by atoms with Crippen LogP contribution in [0.5, 0.6) is 0 Å². The second-order valence-electron chi connectivity index (χ2n) is 7.14. The number of ether oxygens (including phenoxy) is 1. The van der Waals surface area contributed by atoms with Crippen molar-refractivity contribution in [3.8, 4) is 0 Å². The summed E-state index contributed by atoms with van der Waals surface area (Å²) in [4.78, 5) is 20.6. The van der Waals surface area contributed by atoms with E-state index >= 15 is 0 Å². The lowest BCUT2D eigenvalue weighted by molar-refractivity contribution is 0.0240. The number of carbonyl (C=O) groups is 1. The van der Waals surface area contributed by atoms with Crippen molar-refractivity contribution < 1.29 is 9.53 Å². The number of pyridine rings is 1. The van der Waals surface area contributed by atoms with Gasteiger partial charge in [0.25, 0.3) is 0 Å². The molecular formula is C17H28N4O2. The second kappa shape index (κ2) is 6.74. The van der Waals surface area contributed by atoms with Crippen LogP contribution in [0.25, 0.3) is 0 Å². The van der Waals surface area contributed by atoms with Gasteiger partial charge in [-0.3, -0.25) is 0 Å². The Balaban J connectivity index is 1.97. The van der Waals surface area contributed by atoms with Crippen molar-refractivity contribution in [1.29, 1.82) is 0 Å². The minimum absolute atomic E-state index is 0.0134. The number of hydrogen-bond donors (Lipinski definition) is 1. The Morgan fingerprint density at radius 2 is 1.91 bits per heavy atom. The maximum atomic E-state index is 12.1. The molecule has 1 aliphatic heterocycles. The van der Waals surface area contributed by atoms with Crippen molar-refractivity contribution >= 4 is 11.9 Å². The Labute approximate surface area is 138 Å². The summed E-state index contributed by atoms with van der Waals surface area (Å²) in [6, 6.07) is 2.06. The van der Waals surface area contributed by atoms with Crippen LogP contribution in [0.2, 0.25) is 0 Å². The van der Waals surface area contributed by atoms with Crippen molar-refractivity contribution in [2.24, 2.45) is 5.73 Å². The third-order valence-corrected chi connectivity index (χ3v) is 3.88. The molecule has 2 rings (SSSR count). The number of carbonyl (C=O) groups excluding carboxylic acids is 1. The number of rotatable bonds is 2. The van der Waals surface area contributed by atoms with Gasteiger partial charge in [0.15, 0.2) is 0 Å². The van der Waals surface area contributed by atoms with Crippen LogP contribution < -0.4 is 10.6 Å². The first kappa shape index (κ1) is 17.5. The molecule has 1 fully saturated rings. The minimum atomic E-state index is -0.457. The van der Waals surface area contributed by atoms with Gasteiger partial charge in [0.1, 0.15) is 11.4 Å². The smallest absolute Gasteiger partial charge is 0.410 e. The summed E-state index contributed by atoms with van der Waals surface area (Å²) >= 11 is 0. The molecule has 6 nitrogen and oxygen atoms in total. The standard InChI is InChI=1S/C17H28N4O2/c1-12-10-15(19-11-14(12)13(2)18)20-6-8-21(9-7-20)16(22)23-17(3,4)5/h10-11,13H,6-9,18H2,1-5H3/t13-/m1/s1. The van der Waals surface area contributed by atoms with E-state index in [1.807, 2.05) is 33.9 Å². The number of nitrogens with two attached hydrogens (primary N) is 1. The number of aryl methyl sites for hydroxylation is 1. The van der Waals surface area contributed by atoms with Gasteiger partial charge in [0.05, 0.1) is 0 Å². The van der Waals surface area contributed by atoms with Crippen molar-refractivity contribution in [1.82, 2.24) is 9.88 Å². The number of piperazine rings is 1. The molecule has 6 heteroatoms. The Bertz CT molecular complexity index is 558. The van der Waals surface area contributed by atoms with Crippen molar-refractivity contribution in [2.45, 2.75) is 46.3 Å². The Morgan fingerprint density at radius 3 is 2.39 bits per heavy atom. The SMILES string of the molecule is Cc1cc(N2CCN(C(=O)OC(C)(C)C)CC2)ncc1[C@@H](C)N. The van der Waals surface area contributed by atoms with Crippen LogP contribution in [0.1, 0.15) is 44.9 Å². The van der Waals surface area contributed by atoms with Crippen molar-refractivity contribution in [2.75, 3.05) is 31.1 Å². The zero-order chi connectivity index (χ0) is 17.2. The van der Waals surface area contributed by atoms with E-state index < -0.39 is 5.60 Å². The molecule has 1 saturated heterocycles. The van der Waals surface area contributed by atoms with Crippen molar-refractivity contribution in [3.63, 3.8) is 0 Å². The van der Waals surface area contributed by atoms with Crippen LogP contribution in [0.3, 0.4) is 0 Å². The van der Waals surface area contributed by atoms with Gasteiger partial charge in [-0.05, 0) is 51.8 Å². The van der Waals surface area contributed by atoms with Gasteiger partial charge in [0.2, 0.25) is 0 Å². The molecule has 2 heterocycles. The van der Waals surface area contributed by atoms with Crippen LogP contribution in [-0.4, -0.2) is 47.8 Å². The molecule has 0 spiro atoms. The van der Waals surface area contributed by atoms with Gasteiger partial charge < -0.3 is 20.3 Å². The van der Waals surface area contributed by atoms with Gasteiger partial charge in [-0.1, -0.05) is 0 Å². The first-order chi connectivity index (χ1) is 10.7. The molecule has 1 atom stereocenters. The highest BCUT2D eigenvalue weighted by Crippen LogP contribution is 2.21. The fraction of sp³-hybridized carbons (Fsp3) is 0.647. The molecular weight excluding hydrogens is 292 g/mol. The largest absolute Gasteiger partial charge is 0.444 e. The second-order valence-corrected chi connectivity index (χ2v) is 7.14. The molecule has 1 aromatic heterocycles. The lowest BCUT2D eigenvalue weighted by atomic mass is 10.1. The van der Waals surface area contributed by atoms with E-state index in [4.69, 9.17) is 10.5 Å². The summed E-state index contributed by atoms with van der Waals surface area (Å²) in [5.74, 6) is 0.940. The van der Waals surface area contributed by atoms with E-state index in [1.54, 1.807) is 4.90 Å². The number of amides is 1. The highest BCUT2D eigenvalue weighted by Gasteiger charge is 2.26. The average molecular weight is 320 g/mol. The number of aromatic nitrogens is 1. The van der Waals surface area contributed by atoms with Crippen LogP contribution in [0, 0.1) is 6.92 Å². The van der Waals surface area contributed by atoms with E-state index in [1.165, 1.54) is 0 Å². The first-order valence-corrected chi connectivity index (χ1v) is 8.12. The lowest BCUT2D eigenvalue weighted by Gasteiger charge is -2.36. The summed E-state index contributed by atoms with van der Waals surface area (Å²) in [6.45, 7) is 12.5. The summed E-state index contributed by atoms with van der Waals surface area (Å²) in [5.41, 5.74) is 7.70.